The largest absolute Gasteiger partial charge is 0.496 e. The molecule has 0 bridgehead atoms. The molecule has 1 aromatic rings. The summed E-state index contributed by atoms with van der Waals surface area (Å²) in [4.78, 5) is 0. The lowest BCUT2D eigenvalue weighted by Gasteiger charge is -2.21. The van der Waals surface area contributed by atoms with Gasteiger partial charge in [-0.3, -0.25) is 0 Å². The van der Waals surface area contributed by atoms with E-state index in [1.54, 1.807) is 13.2 Å². The van der Waals surface area contributed by atoms with Crippen molar-refractivity contribution >= 4 is 0 Å². The van der Waals surface area contributed by atoms with Crippen LogP contribution in [0.15, 0.2) is 18.2 Å². The molecule has 2 N–H and O–H groups in total. The van der Waals surface area contributed by atoms with Crippen molar-refractivity contribution in [2.24, 2.45) is 17.6 Å². The van der Waals surface area contributed by atoms with Crippen LogP contribution in [-0.2, 0) is 0 Å². The topological polar surface area (TPSA) is 35.2 Å². The molecule has 1 saturated carbocycles. The molecule has 0 heterocycles. The average molecular weight is 237 g/mol. The molecule has 2 nitrogen and oxygen atoms in total. The van der Waals surface area contributed by atoms with Gasteiger partial charge in [0.25, 0.3) is 0 Å². The third-order valence-corrected chi connectivity index (χ3v) is 3.79. The van der Waals surface area contributed by atoms with Crippen LogP contribution in [0.5, 0.6) is 5.75 Å². The van der Waals surface area contributed by atoms with Gasteiger partial charge in [0.2, 0.25) is 0 Å². The fraction of sp³-hybridized carbons (Fsp3) is 0.571. The highest BCUT2D eigenvalue weighted by molar-refractivity contribution is 5.36. The lowest BCUT2D eigenvalue weighted by molar-refractivity contribution is 0.379. The van der Waals surface area contributed by atoms with E-state index in [0.29, 0.717) is 11.7 Å². The number of rotatable bonds is 3. The van der Waals surface area contributed by atoms with Crippen LogP contribution in [0.1, 0.15) is 37.8 Å². The maximum absolute atomic E-state index is 13.3. The second kappa shape index (κ2) is 5.05. The second-order valence-corrected chi connectivity index (χ2v) is 5.09. The van der Waals surface area contributed by atoms with Gasteiger partial charge in [0.15, 0.2) is 0 Å². The first-order valence-electron chi connectivity index (χ1n) is 6.21. The predicted molar refractivity (Wildman–Crippen MR) is 66.4 cm³/mol. The summed E-state index contributed by atoms with van der Waals surface area (Å²) in [5.74, 6) is 1.62. The Labute approximate surface area is 102 Å². The minimum atomic E-state index is -0.248. The summed E-state index contributed by atoms with van der Waals surface area (Å²) in [6.45, 7) is 2.25. The third-order valence-electron chi connectivity index (χ3n) is 3.79. The van der Waals surface area contributed by atoms with Crippen molar-refractivity contribution in [2.75, 3.05) is 7.11 Å². The predicted octanol–water partition coefficient (Wildman–Crippen LogP) is 3.27. The molecule has 3 unspecified atom stereocenters. The van der Waals surface area contributed by atoms with Gasteiger partial charge in [-0.15, -0.1) is 0 Å². The molecule has 17 heavy (non-hydrogen) atoms. The normalized spacial score (nSPS) is 25.9. The van der Waals surface area contributed by atoms with Gasteiger partial charge in [-0.05, 0) is 42.9 Å². The van der Waals surface area contributed by atoms with E-state index in [0.717, 1.165) is 24.3 Å². The minimum Gasteiger partial charge on any atom is -0.496 e. The summed E-state index contributed by atoms with van der Waals surface area (Å²) in [5, 5.41) is 0. The fourth-order valence-electron chi connectivity index (χ4n) is 2.80. The quantitative estimate of drug-likeness (QED) is 0.875. The van der Waals surface area contributed by atoms with E-state index in [2.05, 4.69) is 6.92 Å². The van der Waals surface area contributed by atoms with Gasteiger partial charge >= 0.3 is 0 Å². The third kappa shape index (κ3) is 2.60. The highest BCUT2D eigenvalue weighted by Gasteiger charge is 2.29. The minimum absolute atomic E-state index is 0.120. The van der Waals surface area contributed by atoms with Gasteiger partial charge in [0, 0.05) is 11.6 Å². The van der Waals surface area contributed by atoms with Gasteiger partial charge in [0.05, 0.1) is 7.11 Å². The summed E-state index contributed by atoms with van der Waals surface area (Å²) >= 11 is 0. The number of ether oxygens (including phenoxy) is 1. The van der Waals surface area contributed by atoms with Gasteiger partial charge in [0.1, 0.15) is 11.6 Å². The number of hydrogen-bond donors (Lipinski definition) is 1. The first-order valence-corrected chi connectivity index (χ1v) is 6.21. The summed E-state index contributed by atoms with van der Waals surface area (Å²) in [5.41, 5.74) is 7.06. The van der Waals surface area contributed by atoms with Crippen molar-refractivity contribution in [3.8, 4) is 5.75 Å². The Morgan fingerprint density at radius 1 is 1.41 bits per heavy atom. The molecule has 3 heteroatoms. The molecule has 1 fully saturated rings. The zero-order chi connectivity index (χ0) is 12.4. The van der Waals surface area contributed by atoms with E-state index >= 15 is 0 Å². The smallest absolute Gasteiger partial charge is 0.123 e. The molecule has 0 radical (unpaired) electrons. The standard InChI is InChI=1S/C14H20FNO/c1-9-3-4-10(7-9)14(16)12-8-11(15)5-6-13(12)17-2/h5-6,8-10,14H,3-4,7,16H2,1-2H3. The fourth-order valence-corrected chi connectivity index (χ4v) is 2.80. The Morgan fingerprint density at radius 3 is 2.76 bits per heavy atom. The Bertz CT molecular complexity index is 394. The van der Waals surface area contributed by atoms with E-state index < -0.39 is 0 Å². The Kier molecular flexibility index (Phi) is 3.67. The first-order chi connectivity index (χ1) is 8.11. The highest BCUT2D eigenvalue weighted by Crippen LogP contribution is 2.40. The molecule has 3 atom stereocenters. The zero-order valence-corrected chi connectivity index (χ0v) is 10.4. The van der Waals surface area contributed by atoms with Crippen LogP contribution in [0.2, 0.25) is 0 Å². The lowest BCUT2D eigenvalue weighted by atomic mass is 9.91. The van der Waals surface area contributed by atoms with Crippen molar-refractivity contribution in [3.63, 3.8) is 0 Å². The summed E-state index contributed by atoms with van der Waals surface area (Å²) in [7, 11) is 1.60. The molecular weight excluding hydrogens is 217 g/mol. The molecule has 2 rings (SSSR count). The van der Waals surface area contributed by atoms with Crippen molar-refractivity contribution in [2.45, 2.75) is 32.2 Å². The number of benzene rings is 1. The maximum Gasteiger partial charge on any atom is 0.123 e. The number of nitrogens with two attached hydrogens (primary N) is 1. The maximum atomic E-state index is 13.3. The van der Waals surface area contributed by atoms with Crippen molar-refractivity contribution < 1.29 is 9.13 Å². The molecule has 0 amide bonds. The molecule has 0 aromatic heterocycles. The van der Waals surface area contributed by atoms with Crippen molar-refractivity contribution in [1.29, 1.82) is 0 Å². The highest BCUT2D eigenvalue weighted by atomic mass is 19.1. The van der Waals surface area contributed by atoms with Crippen LogP contribution >= 0.6 is 0 Å². The Hall–Kier alpha value is -1.09. The average Bonchev–Trinajstić information content (AvgIpc) is 2.75. The molecule has 0 spiro atoms. The summed E-state index contributed by atoms with van der Waals surface area (Å²) < 4.78 is 18.6. The number of halogens is 1. The van der Waals surface area contributed by atoms with Crippen LogP contribution < -0.4 is 10.5 Å². The summed E-state index contributed by atoms with van der Waals surface area (Å²) in [6, 6.07) is 4.45. The molecule has 1 aliphatic carbocycles. The monoisotopic (exact) mass is 237 g/mol. The van der Waals surface area contributed by atoms with Gasteiger partial charge in [-0.2, -0.15) is 0 Å². The molecule has 0 saturated heterocycles. The van der Waals surface area contributed by atoms with Gasteiger partial charge < -0.3 is 10.5 Å². The molecule has 94 valence electrons. The van der Waals surface area contributed by atoms with E-state index in [1.165, 1.54) is 18.6 Å². The number of hydrogen-bond acceptors (Lipinski definition) is 2. The van der Waals surface area contributed by atoms with Crippen LogP contribution in [0.25, 0.3) is 0 Å². The first kappa shape index (κ1) is 12.4. The number of methoxy groups -OCH3 is 1. The molecular formula is C14H20FNO. The second-order valence-electron chi connectivity index (χ2n) is 5.09. The van der Waals surface area contributed by atoms with Crippen LogP contribution in [0.3, 0.4) is 0 Å². The van der Waals surface area contributed by atoms with Crippen LogP contribution in [0, 0.1) is 17.7 Å². The van der Waals surface area contributed by atoms with Crippen molar-refractivity contribution in [1.82, 2.24) is 0 Å². The molecule has 0 aliphatic heterocycles. The Morgan fingerprint density at radius 2 is 2.18 bits per heavy atom. The molecule has 1 aliphatic rings. The van der Waals surface area contributed by atoms with E-state index in [-0.39, 0.29) is 11.9 Å². The van der Waals surface area contributed by atoms with Gasteiger partial charge in [-0.1, -0.05) is 13.3 Å². The van der Waals surface area contributed by atoms with E-state index in [1.807, 2.05) is 0 Å². The summed E-state index contributed by atoms with van der Waals surface area (Å²) in [6.07, 6.45) is 3.47. The van der Waals surface area contributed by atoms with Crippen LogP contribution in [0.4, 0.5) is 4.39 Å². The Balaban J connectivity index is 2.23. The van der Waals surface area contributed by atoms with Gasteiger partial charge in [-0.25, -0.2) is 4.39 Å². The SMILES string of the molecule is COc1ccc(F)cc1C(N)C1CCC(C)C1. The molecule has 1 aromatic carbocycles. The van der Waals surface area contributed by atoms with E-state index in [4.69, 9.17) is 10.5 Å². The van der Waals surface area contributed by atoms with Crippen LogP contribution in [-0.4, -0.2) is 7.11 Å². The zero-order valence-electron chi connectivity index (χ0n) is 10.4. The van der Waals surface area contributed by atoms with E-state index in [9.17, 15) is 4.39 Å². The van der Waals surface area contributed by atoms with Crippen molar-refractivity contribution in [3.05, 3.63) is 29.6 Å². The lowest BCUT2D eigenvalue weighted by Crippen LogP contribution is -2.20.